The van der Waals surface area contributed by atoms with Crippen molar-refractivity contribution >= 4 is 15.9 Å². The monoisotopic (exact) mass is 285 g/mol. The normalized spacial score (nSPS) is 23.4. The van der Waals surface area contributed by atoms with Crippen LogP contribution in [0.3, 0.4) is 0 Å². The summed E-state index contributed by atoms with van der Waals surface area (Å²) in [6.45, 7) is 2.97. The minimum atomic E-state index is -0.180. The Balaban J connectivity index is 1.84. The second-order valence-electron chi connectivity index (χ2n) is 4.48. The highest BCUT2D eigenvalue weighted by Crippen LogP contribution is 2.35. The molecule has 1 fully saturated rings. The quantitative estimate of drug-likeness (QED) is 0.866. The fourth-order valence-electron chi connectivity index (χ4n) is 2.11. The number of hydrogen-bond acceptors (Lipinski definition) is 1. The molecule has 88 valence electrons. The second kappa shape index (κ2) is 5.28. The highest BCUT2D eigenvalue weighted by atomic mass is 79.9. The summed E-state index contributed by atoms with van der Waals surface area (Å²) in [7, 11) is 0. The molecule has 2 atom stereocenters. The molecule has 0 radical (unpaired) electrons. The summed E-state index contributed by atoms with van der Waals surface area (Å²) in [5, 5.41) is 3.48. The van der Waals surface area contributed by atoms with E-state index in [0.717, 1.165) is 18.0 Å². The van der Waals surface area contributed by atoms with E-state index in [1.807, 2.05) is 6.07 Å². The van der Waals surface area contributed by atoms with Crippen LogP contribution in [0.25, 0.3) is 0 Å². The molecule has 0 aliphatic heterocycles. The maximum Gasteiger partial charge on any atom is 0.137 e. The molecule has 1 N–H and O–H groups in total. The summed E-state index contributed by atoms with van der Waals surface area (Å²) in [5.74, 6) is 0.664. The molecule has 0 amide bonds. The summed E-state index contributed by atoms with van der Waals surface area (Å²) in [6, 6.07) is 5.84. The van der Waals surface area contributed by atoms with Crippen LogP contribution in [-0.2, 0) is 6.54 Å². The molecule has 0 spiro atoms. The van der Waals surface area contributed by atoms with Crippen molar-refractivity contribution in [1.29, 1.82) is 0 Å². The van der Waals surface area contributed by atoms with E-state index < -0.39 is 0 Å². The van der Waals surface area contributed by atoms with Gasteiger partial charge in [0.25, 0.3) is 0 Å². The molecule has 3 heteroatoms. The number of hydrogen-bond donors (Lipinski definition) is 1. The summed E-state index contributed by atoms with van der Waals surface area (Å²) >= 11 is 3.28. The zero-order chi connectivity index (χ0) is 11.5. The molecule has 1 aromatic rings. The van der Waals surface area contributed by atoms with Crippen molar-refractivity contribution in [3.63, 3.8) is 0 Å². The first-order valence-corrected chi connectivity index (χ1v) is 6.68. The van der Waals surface area contributed by atoms with Gasteiger partial charge in [0, 0.05) is 12.6 Å². The number of halogens is 2. The molecule has 0 aromatic heterocycles. The molecule has 1 nitrogen and oxygen atoms in total. The average molecular weight is 286 g/mol. The van der Waals surface area contributed by atoms with Crippen molar-refractivity contribution < 1.29 is 4.39 Å². The molecule has 1 aromatic carbocycles. The molecule has 1 aliphatic carbocycles. The Morgan fingerprint density at radius 3 is 3.06 bits per heavy atom. The molecule has 2 rings (SSSR count). The van der Waals surface area contributed by atoms with Gasteiger partial charge in [-0.05, 0) is 46.3 Å². The van der Waals surface area contributed by atoms with Gasteiger partial charge < -0.3 is 5.32 Å². The lowest BCUT2D eigenvalue weighted by molar-refractivity contribution is 0.589. The van der Waals surface area contributed by atoms with Gasteiger partial charge in [-0.15, -0.1) is 0 Å². The first kappa shape index (κ1) is 12.1. The van der Waals surface area contributed by atoms with Crippen LogP contribution in [0.1, 0.15) is 31.7 Å². The zero-order valence-electron chi connectivity index (χ0n) is 9.47. The predicted octanol–water partition coefficient (Wildman–Crippen LogP) is 3.87. The Bertz CT molecular complexity index is 367. The summed E-state index contributed by atoms with van der Waals surface area (Å²) in [6.07, 6.45) is 3.84. The summed E-state index contributed by atoms with van der Waals surface area (Å²) in [4.78, 5) is 0. The van der Waals surface area contributed by atoms with Gasteiger partial charge in [-0.1, -0.05) is 25.5 Å². The summed E-state index contributed by atoms with van der Waals surface area (Å²) < 4.78 is 13.8. The van der Waals surface area contributed by atoms with Crippen LogP contribution in [0.2, 0.25) is 0 Å². The van der Waals surface area contributed by atoms with Crippen molar-refractivity contribution in [2.24, 2.45) is 5.92 Å². The van der Waals surface area contributed by atoms with E-state index >= 15 is 0 Å². The Kier molecular flexibility index (Phi) is 3.98. The average Bonchev–Trinajstić information content (AvgIpc) is 3.00. The zero-order valence-corrected chi connectivity index (χ0v) is 11.1. The smallest absolute Gasteiger partial charge is 0.137 e. The topological polar surface area (TPSA) is 12.0 Å². The Morgan fingerprint density at radius 1 is 1.50 bits per heavy atom. The Morgan fingerprint density at radius 2 is 2.31 bits per heavy atom. The van der Waals surface area contributed by atoms with Gasteiger partial charge in [-0.3, -0.25) is 0 Å². The lowest BCUT2D eigenvalue weighted by atomic mass is 10.2. The minimum absolute atomic E-state index is 0.180. The van der Waals surface area contributed by atoms with Crippen LogP contribution in [0.4, 0.5) is 4.39 Å². The van der Waals surface area contributed by atoms with E-state index in [-0.39, 0.29) is 5.82 Å². The van der Waals surface area contributed by atoms with Crippen molar-refractivity contribution in [2.75, 3.05) is 0 Å². The molecule has 0 saturated heterocycles. The van der Waals surface area contributed by atoms with Crippen LogP contribution in [0, 0.1) is 11.7 Å². The van der Waals surface area contributed by atoms with E-state index in [0.29, 0.717) is 10.5 Å². The third-order valence-electron chi connectivity index (χ3n) is 3.17. The lowest BCUT2D eigenvalue weighted by Gasteiger charge is -2.07. The number of rotatable bonds is 5. The molecular weight excluding hydrogens is 269 g/mol. The van der Waals surface area contributed by atoms with Gasteiger partial charge in [0.1, 0.15) is 5.82 Å². The van der Waals surface area contributed by atoms with Crippen LogP contribution >= 0.6 is 15.9 Å². The number of nitrogens with one attached hydrogen (secondary N) is 1. The first-order valence-electron chi connectivity index (χ1n) is 5.88. The molecule has 16 heavy (non-hydrogen) atoms. The van der Waals surface area contributed by atoms with Gasteiger partial charge in [-0.2, -0.15) is 0 Å². The van der Waals surface area contributed by atoms with Crippen molar-refractivity contribution in [3.05, 3.63) is 34.1 Å². The van der Waals surface area contributed by atoms with Crippen molar-refractivity contribution in [2.45, 2.75) is 38.8 Å². The maximum atomic E-state index is 13.2. The molecule has 0 bridgehead atoms. The van der Waals surface area contributed by atoms with Gasteiger partial charge in [0.2, 0.25) is 0 Å². The molecular formula is C13H17BrFN. The molecule has 0 heterocycles. The van der Waals surface area contributed by atoms with E-state index in [1.54, 1.807) is 6.07 Å². The third kappa shape index (κ3) is 2.83. The minimum Gasteiger partial charge on any atom is -0.310 e. The van der Waals surface area contributed by atoms with Gasteiger partial charge in [-0.25, -0.2) is 4.39 Å². The van der Waals surface area contributed by atoms with E-state index in [1.165, 1.54) is 25.3 Å². The highest BCUT2D eigenvalue weighted by Gasteiger charge is 2.35. The van der Waals surface area contributed by atoms with Crippen LogP contribution < -0.4 is 5.32 Å². The Labute approximate surface area is 105 Å². The first-order chi connectivity index (χ1) is 7.72. The fourth-order valence-corrected chi connectivity index (χ4v) is 2.52. The van der Waals surface area contributed by atoms with Crippen molar-refractivity contribution in [1.82, 2.24) is 5.32 Å². The molecule has 2 unspecified atom stereocenters. The lowest BCUT2D eigenvalue weighted by Crippen LogP contribution is -2.18. The second-order valence-corrected chi connectivity index (χ2v) is 5.28. The van der Waals surface area contributed by atoms with E-state index in [4.69, 9.17) is 0 Å². The van der Waals surface area contributed by atoms with Gasteiger partial charge >= 0.3 is 0 Å². The number of benzene rings is 1. The molecule has 1 saturated carbocycles. The molecule has 1 aliphatic rings. The fraction of sp³-hybridized carbons (Fsp3) is 0.538. The SMILES string of the molecule is CCCC1CC1NCc1cccc(F)c1Br. The van der Waals surface area contributed by atoms with Crippen molar-refractivity contribution in [3.8, 4) is 0 Å². The van der Waals surface area contributed by atoms with E-state index in [9.17, 15) is 4.39 Å². The van der Waals surface area contributed by atoms with Crippen LogP contribution in [-0.4, -0.2) is 6.04 Å². The van der Waals surface area contributed by atoms with Crippen LogP contribution in [0.5, 0.6) is 0 Å². The predicted molar refractivity (Wildman–Crippen MR) is 67.7 cm³/mol. The Hall–Kier alpha value is -0.410. The largest absolute Gasteiger partial charge is 0.310 e. The standard InChI is InChI=1S/C13H17BrFN/c1-2-4-9-7-12(9)16-8-10-5-3-6-11(15)13(10)14/h3,5-6,9,12,16H,2,4,7-8H2,1H3. The van der Waals surface area contributed by atoms with Gasteiger partial charge in [0.15, 0.2) is 0 Å². The maximum absolute atomic E-state index is 13.2. The third-order valence-corrected chi connectivity index (χ3v) is 4.06. The van der Waals surface area contributed by atoms with E-state index in [2.05, 4.69) is 28.2 Å². The van der Waals surface area contributed by atoms with Crippen LogP contribution in [0.15, 0.2) is 22.7 Å². The summed E-state index contributed by atoms with van der Waals surface area (Å²) in [5.41, 5.74) is 1.00. The highest BCUT2D eigenvalue weighted by molar-refractivity contribution is 9.10. The van der Waals surface area contributed by atoms with Gasteiger partial charge in [0.05, 0.1) is 4.47 Å².